The summed E-state index contributed by atoms with van der Waals surface area (Å²) < 4.78 is 5.33. The van der Waals surface area contributed by atoms with Crippen LogP contribution in [0.4, 0.5) is 4.79 Å². The molecule has 35 heavy (non-hydrogen) atoms. The first-order valence-corrected chi connectivity index (χ1v) is 12.9. The molecule has 3 rings (SSSR count). The van der Waals surface area contributed by atoms with Crippen molar-refractivity contribution in [2.45, 2.75) is 78.6 Å². The van der Waals surface area contributed by atoms with Gasteiger partial charge in [0.1, 0.15) is 17.7 Å². The fourth-order valence-electron chi connectivity index (χ4n) is 4.09. The quantitative estimate of drug-likeness (QED) is 0.591. The number of benzene rings is 1. The van der Waals surface area contributed by atoms with E-state index in [4.69, 9.17) is 4.74 Å². The summed E-state index contributed by atoms with van der Waals surface area (Å²) in [5.41, 5.74) is 4.25. The van der Waals surface area contributed by atoms with E-state index >= 15 is 0 Å². The molecule has 1 fully saturated rings. The van der Waals surface area contributed by atoms with Crippen LogP contribution in [0.1, 0.15) is 58.7 Å². The second-order valence-electron chi connectivity index (χ2n) is 10.2. The zero-order valence-electron chi connectivity index (χ0n) is 21.4. The van der Waals surface area contributed by atoms with Crippen LogP contribution >= 0.6 is 11.3 Å². The minimum Gasteiger partial charge on any atom is -0.444 e. The van der Waals surface area contributed by atoms with Crippen molar-refractivity contribution in [3.8, 4) is 10.4 Å². The number of likely N-dealkylation sites (tertiary alicyclic amines) is 1. The molecule has 0 bridgehead atoms. The van der Waals surface area contributed by atoms with E-state index in [9.17, 15) is 14.4 Å². The number of alkyl carbamates (subject to hydrolysis) is 1. The molecule has 0 saturated carbocycles. The molecule has 1 aromatic carbocycles. The van der Waals surface area contributed by atoms with Crippen LogP contribution in [-0.4, -0.2) is 52.0 Å². The van der Waals surface area contributed by atoms with Gasteiger partial charge in [0.2, 0.25) is 11.8 Å². The molecule has 3 amide bonds. The van der Waals surface area contributed by atoms with Crippen molar-refractivity contribution in [1.29, 1.82) is 0 Å². The molecule has 0 aliphatic carbocycles. The maximum absolute atomic E-state index is 13.3. The van der Waals surface area contributed by atoms with Crippen LogP contribution in [0.15, 0.2) is 29.8 Å². The van der Waals surface area contributed by atoms with E-state index in [2.05, 4.69) is 15.6 Å². The molecule has 9 heteroatoms. The third-order valence-electron chi connectivity index (χ3n) is 5.87. The van der Waals surface area contributed by atoms with Crippen molar-refractivity contribution in [1.82, 2.24) is 20.5 Å². The molecule has 2 N–H and O–H groups in total. The predicted octanol–water partition coefficient (Wildman–Crippen LogP) is 4.28. The van der Waals surface area contributed by atoms with Crippen LogP contribution < -0.4 is 10.6 Å². The second kappa shape index (κ2) is 11.2. The number of carbonyl (C=O) groups excluding carboxylic acids is 3. The summed E-state index contributed by atoms with van der Waals surface area (Å²) in [7, 11) is 0. The molecule has 2 heterocycles. The average molecular weight is 501 g/mol. The Morgan fingerprint density at radius 2 is 1.89 bits per heavy atom. The Labute approximate surface area is 211 Å². The molecular weight excluding hydrogens is 464 g/mol. The highest BCUT2D eigenvalue weighted by molar-refractivity contribution is 7.13. The van der Waals surface area contributed by atoms with E-state index < -0.39 is 23.8 Å². The Hall–Kier alpha value is -2.94. The van der Waals surface area contributed by atoms with Gasteiger partial charge in [-0.2, -0.15) is 0 Å². The molecule has 1 saturated heterocycles. The summed E-state index contributed by atoms with van der Waals surface area (Å²) in [4.78, 5) is 45.7. The van der Waals surface area contributed by atoms with Crippen LogP contribution in [-0.2, 0) is 20.9 Å². The van der Waals surface area contributed by atoms with Gasteiger partial charge in [-0.3, -0.25) is 9.59 Å². The molecule has 190 valence electrons. The number of hydrogen-bond donors (Lipinski definition) is 2. The highest BCUT2D eigenvalue weighted by Gasteiger charge is 2.39. The largest absolute Gasteiger partial charge is 0.444 e. The van der Waals surface area contributed by atoms with Crippen molar-refractivity contribution in [2.24, 2.45) is 5.92 Å². The van der Waals surface area contributed by atoms with Crippen molar-refractivity contribution in [3.05, 3.63) is 41.0 Å². The van der Waals surface area contributed by atoms with Gasteiger partial charge in [0.15, 0.2) is 0 Å². The molecule has 8 nitrogen and oxygen atoms in total. The molecule has 0 radical (unpaired) electrons. The van der Waals surface area contributed by atoms with E-state index in [1.165, 1.54) is 0 Å². The number of rotatable bonds is 7. The second-order valence-corrected chi connectivity index (χ2v) is 11.1. The Morgan fingerprint density at radius 1 is 1.20 bits per heavy atom. The Kier molecular flexibility index (Phi) is 8.53. The lowest BCUT2D eigenvalue weighted by atomic mass is 10.0. The van der Waals surface area contributed by atoms with Crippen molar-refractivity contribution >= 4 is 29.2 Å². The van der Waals surface area contributed by atoms with Gasteiger partial charge in [-0.1, -0.05) is 38.1 Å². The normalized spacial score (nSPS) is 16.8. The first-order chi connectivity index (χ1) is 16.5. The van der Waals surface area contributed by atoms with Gasteiger partial charge in [0.25, 0.3) is 0 Å². The summed E-state index contributed by atoms with van der Waals surface area (Å²) in [6.07, 6.45) is 0.698. The molecular formula is C26H36N4O4S. The lowest BCUT2D eigenvalue weighted by Crippen LogP contribution is -2.55. The average Bonchev–Trinajstić information content (AvgIpc) is 3.43. The SMILES string of the molecule is Cc1ncsc1-c1ccc(CNC(=O)[C@@H]2CCCN2C(=O)C(NC(=O)OC(C)(C)C)C(C)C)cc1. The van der Waals surface area contributed by atoms with E-state index in [0.717, 1.165) is 28.1 Å². The number of ether oxygens (including phenoxy) is 1. The number of nitrogens with zero attached hydrogens (tertiary/aromatic N) is 2. The summed E-state index contributed by atoms with van der Waals surface area (Å²) >= 11 is 1.60. The Morgan fingerprint density at radius 3 is 2.46 bits per heavy atom. The summed E-state index contributed by atoms with van der Waals surface area (Å²) in [6.45, 7) is 11.9. The maximum atomic E-state index is 13.3. The van der Waals surface area contributed by atoms with Gasteiger partial charge in [-0.25, -0.2) is 9.78 Å². The number of nitrogens with one attached hydrogen (secondary N) is 2. The molecule has 1 aliphatic heterocycles. The Bertz CT molecular complexity index is 1040. The minimum atomic E-state index is -0.763. The first kappa shape index (κ1) is 26.7. The molecule has 1 aromatic heterocycles. The topological polar surface area (TPSA) is 101 Å². The zero-order valence-corrected chi connectivity index (χ0v) is 22.2. The van der Waals surface area contributed by atoms with Gasteiger partial charge in [0.05, 0.1) is 16.1 Å². The highest BCUT2D eigenvalue weighted by Crippen LogP contribution is 2.27. The number of aryl methyl sites for hydroxylation is 1. The minimum absolute atomic E-state index is 0.153. The third-order valence-corrected chi connectivity index (χ3v) is 6.85. The molecule has 1 aliphatic rings. The number of amides is 3. The van der Waals surface area contributed by atoms with E-state index in [-0.39, 0.29) is 17.7 Å². The first-order valence-electron chi connectivity index (χ1n) is 12.0. The van der Waals surface area contributed by atoms with Crippen LogP contribution in [0.3, 0.4) is 0 Å². The van der Waals surface area contributed by atoms with Gasteiger partial charge >= 0.3 is 6.09 Å². The summed E-state index contributed by atoms with van der Waals surface area (Å²) in [6, 6.07) is 6.73. The van der Waals surface area contributed by atoms with E-state index in [1.807, 2.05) is 50.5 Å². The number of thiazole rings is 1. The molecule has 2 atom stereocenters. The van der Waals surface area contributed by atoms with Gasteiger partial charge in [-0.05, 0) is 57.6 Å². The lowest BCUT2D eigenvalue weighted by Gasteiger charge is -2.31. The Balaban J connectivity index is 1.60. The molecule has 0 spiro atoms. The fourth-order valence-corrected chi connectivity index (χ4v) is 4.90. The van der Waals surface area contributed by atoms with Crippen LogP contribution in [0.25, 0.3) is 10.4 Å². The number of hydrogen-bond acceptors (Lipinski definition) is 6. The lowest BCUT2D eigenvalue weighted by molar-refractivity contribution is -0.140. The highest BCUT2D eigenvalue weighted by atomic mass is 32.1. The third kappa shape index (κ3) is 7.04. The van der Waals surface area contributed by atoms with Crippen LogP contribution in [0.2, 0.25) is 0 Å². The summed E-state index contributed by atoms with van der Waals surface area (Å²) in [5, 5.41) is 5.68. The zero-order chi connectivity index (χ0) is 25.8. The smallest absolute Gasteiger partial charge is 0.408 e. The van der Waals surface area contributed by atoms with Crippen LogP contribution in [0.5, 0.6) is 0 Å². The van der Waals surface area contributed by atoms with E-state index in [1.54, 1.807) is 37.0 Å². The van der Waals surface area contributed by atoms with Crippen LogP contribution in [0, 0.1) is 12.8 Å². The van der Waals surface area contributed by atoms with Crippen molar-refractivity contribution in [2.75, 3.05) is 6.54 Å². The van der Waals surface area contributed by atoms with E-state index in [0.29, 0.717) is 19.5 Å². The van der Waals surface area contributed by atoms with Crippen molar-refractivity contribution in [3.63, 3.8) is 0 Å². The summed E-state index contributed by atoms with van der Waals surface area (Å²) in [5.74, 6) is -0.592. The molecule has 1 unspecified atom stereocenters. The standard InChI is InChI=1S/C26H36N4O4S/c1-16(2)21(29-25(33)34-26(4,5)6)24(32)30-13-7-8-20(30)23(31)27-14-18-9-11-19(12-10-18)22-17(3)28-15-35-22/h9-12,15-16,20-21H,7-8,13-14H2,1-6H3,(H,27,31)(H,29,33)/t20-,21?/m0/s1. The maximum Gasteiger partial charge on any atom is 0.408 e. The number of carbonyl (C=O) groups is 3. The van der Waals surface area contributed by atoms with Gasteiger partial charge in [-0.15, -0.1) is 11.3 Å². The fraction of sp³-hybridized carbons (Fsp3) is 0.538. The molecule has 2 aromatic rings. The number of aromatic nitrogens is 1. The van der Waals surface area contributed by atoms with Crippen molar-refractivity contribution < 1.29 is 19.1 Å². The monoisotopic (exact) mass is 500 g/mol. The van der Waals surface area contributed by atoms with Gasteiger partial charge < -0.3 is 20.3 Å². The predicted molar refractivity (Wildman–Crippen MR) is 137 cm³/mol. The van der Waals surface area contributed by atoms with Gasteiger partial charge in [0, 0.05) is 13.1 Å².